The highest BCUT2D eigenvalue weighted by atomic mass is 32.1. The Morgan fingerprint density at radius 3 is 2.93 bits per heavy atom. The van der Waals surface area contributed by atoms with Crippen LogP contribution in [0, 0.1) is 0 Å². The molecule has 2 rings (SSSR count). The van der Waals surface area contributed by atoms with E-state index in [1.54, 1.807) is 11.3 Å². The van der Waals surface area contributed by atoms with Crippen molar-refractivity contribution in [2.75, 3.05) is 0 Å². The molecular formula is C12H14OS. The molecule has 0 aliphatic rings. The standard InChI is InChI=1S/C12H14OS/c1-9(13)6-7-10-8-14-12-5-3-2-4-11(10)12/h2-5,8-9,13H,6-7H2,1H3. The fourth-order valence-electron chi connectivity index (χ4n) is 1.59. The Bertz CT molecular complexity index is 417. The molecule has 2 heteroatoms. The van der Waals surface area contributed by atoms with Crippen molar-refractivity contribution in [2.45, 2.75) is 25.9 Å². The first-order valence-electron chi connectivity index (χ1n) is 4.90. The van der Waals surface area contributed by atoms with Crippen LogP contribution in [-0.2, 0) is 6.42 Å². The van der Waals surface area contributed by atoms with Crippen LogP contribution in [0.2, 0.25) is 0 Å². The minimum absolute atomic E-state index is 0.200. The summed E-state index contributed by atoms with van der Waals surface area (Å²) in [6.45, 7) is 1.84. The van der Waals surface area contributed by atoms with Gasteiger partial charge in [-0.25, -0.2) is 0 Å². The Morgan fingerprint density at radius 2 is 2.14 bits per heavy atom. The molecule has 0 bridgehead atoms. The maximum absolute atomic E-state index is 9.23. The predicted molar refractivity (Wildman–Crippen MR) is 61.8 cm³/mol. The van der Waals surface area contributed by atoms with Gasteiger partial charge in [-0.2, -0.15) is 0 Å². The van der Waals surface area contributed by atoms with Gasteiger partial charge in [0.2, 0.25) is 0 Å². The molecular weight excluding hydrogens is 192 g/mol. The highest BCUT2D eigenvalue weighted by Crippen LogP contribution is 2.26. The Hall–Kier alpha value is -0.860. The zero-order chi connectivity index (χ0) is 9.97. The topological polar surface area (TPSA) is 20.2 Å². The van der Waals surface area contributed by atoms with Crippen LogP contribution in [0.1, 0.15) is 18.9 Å². The number of rotatable bonds is 3. The third-order valence-electron chi connectivity index (χ3n) is 2.39. The van der Waals surface area contributed by atoms with Gasteiger partial charge in [0.05, 0.1) is 6.10 Å². The van der Waals surface area contributed by atoms with Crippen LogP contribution in [0.15, 0.2) is 29.6 Å². The van der Waals surface area contributed by atoms with Crippen LogP contribution in [0.25, 0.3) is 10.1 Å². The van der Waals surface area contributed by atoms with Crippen molar-refractivity contribution in [3.8, 4) is 0 Å². The molecule has 1 atom stereocenters. The number of aliphatic hydroxyl groups excluding tert-OH is 1. The summed E-state index contributed by atoms with van der Waals surface area (Å²) in [7, 11) is 0. The lowest BCUT2D eigenvalue weighted by atomic mass is 10.1. The van der Waals surface area contributed by atoms with Crippen molar-refractivity contribution >= 4 is 21.4 Å². The van der Waals surface area contributed by atoms with Crippen LogP contribution in [0.3, 0.4) is 0 Å². The van der Waals surface area contributed by atoms with E-state index < -0.39 is 0 Å². The SMILES string of the molecule is CC(O)CCc1csc2ccccc12. The van der Waals surface area contributed by atoms with Crippen molar-refractivity contribution in [1.29, 1.82) is 0 Å². The number of benzene rings is 1. The highest BCUT2D eigenvalue weighted by molar-refractivity contribution is 7.17. The van der Waals surface area contributed by atoms with Crippen molar-refractivity contribution in [3.05, 3.63) is 35.2 Å². The Balaban J connectivity index is 2.25. The molecule has 0 spiro atoms. The second-order valence-electron chi connectivity index (χ2n) is 3.64. The molecule has 1 aromatic carbocycles. The molecule has 0 radical (unpaired) electrons. The van der Waals surface area contributed by atoms with Gasteiger partial charge in [0.25, 0.3) is 0 Å². The van der Waals surface area contributed by atoms with E-state index in [0.717, 1.165) is 12.8 Å². The van der Waals surface area contributed by atoms with E-state index in [9.17, 15) is 5.11 Å². The summed E-state index contributed by atoms with van der Waals surface area (Å²) in [6, 6.07) is 8.44. The van der Waals surface area contributed by atoms with Crippen LogP contribution in [0.5, 0.6) is 0 Å². The quantitative estimate of drug-likeness (QED) is 0.817. The zero-order valence-electron chi connectivity index (χ0n) is 8.23. The van der Waals surface area contributed by atoms with Crippen molar-refractivity contribution in [1.82, 2.24) is 0 Å². The second kappa shape index (κ2) is 4.11. The number of aliphatic hydroxyl groups is 1. The Kier molecular flexibility index (Phi) is 2.85. The second-order valence-corrected chi connectivity index (χ2v) is 4.56. The van der Waals surface area contributed by atoms with Gasteiger partial charge in [0.15, 0.2) is 0 Å². The molecule has 1 heterocycles. The molecule has 74 valence electrons. The van der Waals surface area contributed by atoms with E-state index in [0.29, 0.717) is 0 Å². The van der Waals surface area contributed by atoms with Crippen molar-refractivity contribution < 1.29 is 5.11 Å². The average molecular weight is 206 g/mol. The zero-order valence-corrected chi connectivity index (χ0v) is 9.05. The first kappa shape index (κ1) is 9.69. The summed E-state index contributed by atoms with van der Waals surface area (Å²) < 4.78 is 1.34. The summed E-state index contributed by atoms with van der Waals surface area (Å²) in [5, 5.41) is 12.8. The van der Waals surface area contributed by atoms with Gasteiger partial charge in [0.1, 0.15) is 0 Å². The van der Waals surface area contributed by atoms with Gasteiger partial charge in [0, 0.05) is 4.70 Å². The van der Waals surface area contributed by atoms with Gasteiger partial charge < -0.3 is 5.11 Å². The van der Waals surface area contributed by atoms with Gasteiger partial charge in [-0.3, -0.25) is 0 Å². The molecule has 1 unspecified atom stereocenters. The lowest BCUT2D eigenvalue weighted by molar-refractivity contribution is 0.185. The lowest BCUT2D eigenvalue weighted by Crippen LogP contribution is -2.00. The first-order valence-corrected chi connectivity index (χ1v) is 5.78. The van der Waals surface area contributed by atoms with E-state index in [4.69, 9.17) is 0 Å². The van der Waals surface area contributed by atoms with Crippen molar-refractivity contribution in [3.63, 3.8) is 0 Å². The lowest BCUT2D eigenvalue weighted by Gasteiger charge is -2.02. The normalized spacial score (nSPS) is 13.3. The number of hydrogen-bond acceptors (Lipinski definition) is 2. The van der Waals surface area contributed by atoms with E-state index in [2.05, 4.69) is 29.6 Å². The molecule has 2 aromatic rings. The van der Waals surface area contributed by atoms with E-state index >= 15 is 0 Å². The summed E-state index contributed by atoms with van der Waals surface area (Å²) in [6.07, 6.45) is 1.62. The first-order chi connectivity index (χ1) is 6.77. The summed E-state index contributed by atoms with van der Waals surface area (Å²) in [4.78, 5) is 0. The molecule has 0 aliphatic heterocycles. The molecule has 0 aliphatic carbocycles. The molecule has 0 fully saturated rings. The molecule has 0 saturated carbocycles. The molecule has 1 N–H and O–H groups in total. The number of thiophene rings is 1. The van der Waals surface area contributed by atoms with Crippen LogP contribution in [-0.4, -0.2) is 11.2 Å². The average Bonchev–Trinajstić information content (AvgIpc) is 2.58. The number of fused-ring (bicyclic) bond motifs is 1. The molecule has 1 nitrogen and oxygen atoms in total. The summed E-state index contributed by atoms with van der Waals surface area (Å²) in [5.41, 5.74) is 1.37. The third-order valence-corrected chi connectivity index (χ3v) is 3.40. The summed E-state index contributed by atoms with van der Waals surface area (Å²) in [5.74, 6) is 0. The fourth-order valence-corrected chi connectivity index (χ4v) is 2.59. The van der Waals surface area contributed by atoms with Gasteiger partial charge in [-0.1, -0.05) is 18.2 Å². The minimum atomic E-state index is -0.200. The number of hydrogen-bond donors (Lipinski definition) is 1. The highest BCUT2D eigenvalue weighted by Gasteiger charge is 2.04. The third kappa shape index (κ3) is 1.97. The predicted octanol–water partition coefficient (Wildman–Crippen LogP) is 3.21. The fraction of sp³-hybridized carbons (Fsp3) is 0.333. The number of aryl methyl sites for hydroxylation is 1. The maximum Gasteiger partial charge on any atom is 0.0515 e. The van der Waals surface area contributed by atoms with Crippen LogP contribution < -0.4 is 0 Å². The summed E-state index contributed by atoms with van der Waals surface area (Å²) >= 11 is 1.78. The van der Waals surface area contributed by atoms with E-state index in [1.807, 2.05) is 6.92 Å². The van der Waals surface area contributed by atoms with Gasteiger partial charge >= 0.3 is 0 Å². The van der Waals surface area contributed by atoms with E-state index in [1.165, 1.54) is 15.6 Å². The molecule has 0 amide bonds. The largest absolute Gasteiger partial charge is 0.393 e. The van der Waals surface area contributed by atoms with E-state index in [-0.39, 0.29) is 6.10 Å². The Labute approximate surface area is 88.0 Å². The van der Waals surface area contributed by atoms with Crippen LogP contribution >= 0.6 is 11.3 Å². The van der Waals surface area contributed by atoms with Crippen molar-refractivity contribution in [2.24, 2.45) is 0 Å². The monoisotopic (exact) mass is 206 g/mol. The molecule has 0 saturated heterocycles. The van der Waals surface area contributed by atoms with Crippen LogP contribution in [0.4, 0.5) is 0 Å². The minimum Gasteiger partial charge on any atom is -0.393 e. The van der Waals surface area contributed by atoms with Gasteiger partial charge in [-0.15, -0.1) is 11.3 Å². The Morgan fingerprint density at radius 1 is 1.36 bits per heavy atom. The van der Waals surface area contributed by atoms with Gasteiger partial charge in [-0.05, 0) is 42.2 Å². The smallest absolute Gasteiger partial charge is 0.0515 e. The molecule has 1 aromatic heterocycles. The maximum atomic E-state index is 9.23. The molecule has 14 heavy (non-hydrogen) atoms.